The Balaban J connectivity index is 4.05. The maximum absolute atomic E-state index is 11.8. The molecule has 3 N–H and O–H groups in total. The molecular weight excluding hydrogens is 236 g/mol. The zero-order valence-electron chi connectivity index (χ0n) is 11.2. The van der Waals surface area contributed by atoms with Gasteiger partial charge in [0.25, 0.3) is 0 Å². The zero-order valence-corrected chi connectivity index (χ0v) is 11.2. The quantitative estimate of drug-likeness (QED) is 0.569. The third-order valence-electron chi connectivity index (χ3n) is 2.49. The van der Waals surface area contributed by atoms with Crippen molar-refractivity contribution in [2.75, 3.05) is 6.54 Å². The van der Waals surface area contributed by atoms with Gasteiger partial charge in [0.1, 0.15) is 0 Å². The first-order chi connectivity index (χ1) is 8.34. The molecule has 0 rings (SSSR count). The molecule has 1 atom stereocenters. The fraction of sp³-hybridized carbons (Fsp3) is 0.750. The lowest BCUT2D eigenvalue weighted by atomic mass is 9.97. The van der Waals surface area contributed by atoms with Crippen LogP contribution in [0.15, 0.2) is 0 Å². The molecule has 0 aromatic rings. The van der Waals surface area contributed by atoms with E-state index in [1.807, 2.05) is 0 Å². The van der Waals surface area contributed by atoms with Crippen molar-refractivity contribution in [1.29, 1.82) is 0 Å². The summed E-state index contributed by atoms with van der Waals surface area (Å²) in [6.45, 7) is 5.33. The fourth-order valence-electron chi connectivity index (χ4n) is 1.60. The number of hydrogen-bond donors (Lipinski definition) is 3. The van der Waals surface area contributed by atoms with Crippen molar-refractivity contribution in [2.24, 2.45) is 5.92 Å². The van der Waals surface area contributed by atoms with E-state index in [-0.39, 0.29) is 17.6 Å². The number of carboxylic acid groups (broad SMARTS) is 1. The van der Waals surface area contributed by atoms with Crippen molar-refractivity contribution in [2.45, 2.75) is 46.1 Å². The summed E-state index contributed by atoms with van der Waals surface area (Å²) in [6.07, 6.45) is 0.821. The molecule has 104 valence electrons. The molecule has 0 aliphatic carbocycles. The standard InChI is InChI=1S/C12H22N2O4/c1-8(2)11(16)10(14-9(3)15)6-4-5-7-13-12(17)18/h8,10,13H,4-7H2,1-3H3,(H,14,15)(H,17,18)/t10-/m0/s1. The van der Waals surface area contributed by atoms with Gasteiger partial charge in [-0.25, -0.2) is 4.79 Å². The Labute approximate surface area is 107 Å². The van der Waals surface area contributed by atoms with Gasteiger partial charge in [0, 0.05) is 19.4 Å². The monoisotopic (exact) mass is 258 g/mol. The predicted octanol–water partition coefficient (Wildman–Crippen LogP) is 1.15. The number of ketones is 1. The van der Waals surface area contributed by atoms with Crippen LogP contribution in [0, 0.1) is 5.92 Å². The van der Waals surface area contributed by atoms with Crippen LogP contribution >= 0.6 is 0 Å². The van der Waals surface area contributed by atoms with E-state index < -0.39 is 12.1 Å². The summed E-state index contributed by atoms with van der Waals surface area (Å²) in [5.41, 5.74) is 0. The minimum absolute atomic E-state index is 0.0105. The van der Waals surface area contributed by atoms with Crippen LogP contribution in [-0.4, -0.2) is 35.5 Å². The Kier molecular flexibility index (Phi) is 7.74. The molecule has 18 heavy (non-hydrogen) atoms. The summed E-state index contributed by atoms with van der Waals surface area (Å²) in [5.74, 6) is -0.340. The van der Waals surface area contributed by atoms with E-state index >= 15 is 0 Å². The molecular formula is C12H22N2O4. The average Bonchev–Trinajstić information content (AvgIpc) is 2.24. The highest BCUT2D eigenvalue weighted by molar-refractivity contribution is 5.89. The summed E-state index contributed by atoms with van der Waals surface area (Å²) in [6, 6.07) is -0.465. The summed E-state index contributed by atoms with van der Waals surface area (Å²) in [4.78, 5) is 33.0. The van der Waals surface area contributed by atoms with Gasteiger partial charge in [-0.15, -0.1) is 0 Å². The smallest absolute Gasteiger partial charge is 0.404 e. The number of carbonyl (C=O) groups excluding carboxylic acids is 2. The van der Waals surface area contributed by atoms with Gasteiger partial charge in [0.15, 0.2) is 5.78 Å². The Morgan fingerprint density at radius 2 is 1.78 bits per heavy atom. The van der Waals surface area contributed by atoms with Gasteiger partial charge >= 0.3 is 6.09 Å². The van der Waals surface area contributed by atoms with Gasteiger partial charge in [-0.2, -0.15) is 0 Å². The molecule has 0 radical (unpaired) electrons. The number of carbonyl (C=O) groups is 3. The second-order valence-electron chi connectivity index (χ2n) is 4.54. The van der Waals surface area contributed by atoms with Crippen LogP contribution in [0.25, 0.3) is 0 Å². The number of rotatable bonds is 8. The maximum Gasteiger partial charge on any atom is 0.404 e. The molecule has 0 unspecified atom stereocenters. The Morgan fingerprint density at radius 3 is 2.22 bits per heavy atom. The van der Waals surface area contributed by atoms with E-state index in [9.17, 15) is 14.4 Å². The summed E-state index contributed by atoms with van der Waals surface area (Å²) < 4.78 is 0. The SMILES string of the molecule is CC(=O)N[C@@H](CCCCNC(=O)O)C(=O)C(C)C. The Morgan fingerprint density at radius 1 is 1.17 bits per heavy atom. The van der Waals surface area contributed by atoms with Gasteiger partial charge in [-0.1, -0.05) is 13.8 Å². The summed E-state index contributed by atoms with van der Waals surface area (Å²) in [5, 5.41) is 13.3. The first kappa shape index (κ1) is 16.4. The second kappa shape index (κ2) is 8.49. The van der Waals surface area contributed by atoms with E-state index in [1.165, 1.54) is 6.92 Å². The predicted molar refractivity (Wildman–Crippen MR) is 67.3 cm³/mol. The van der Waals surface area contributed by atoms with E-state index in [1.54, 1.807) is 13.8 Å². The van der Waals surface area contributed by atoms with Crippen molar-refractivity contribution in [3.05, 3.63) is 0 Å². The highest BCUT2D eigenvalue weighted by Gasteiger charge is 2.21. The van der Waals surface area contributed by atoms with Crippen molar-refractivity contribution in [3.63, 3.8) is 0 Å². The maximum atomic E-state index is 11.8. The van der Waals surface area contributed by atoms with Gasteiger partial charge in [0.2, 0.25) is 5.91 Å². The van der Waals surface area contributed by atoms with Crippen LogP contribution in [0.3, 0.4) is 0 Å². The molecule has 0 aromatic heterocycles. The highest BCUT2D eigenvalue weighted by Crippen LogP contribution is 2.07. The van der Waals surface area contributed by atoms with E-state index in [4.69, 9.17) is 5.11 Å². The molecule has 0 heterocycles. The van der Waals surface area contributed by atoms with Gasteiger partial charge < -0.3 is 15.7 Å². The zero-order chi connectivity index (χ0) is 14.1. The van der Waals surface area contributed by atoms with Crippen molar-refractivity contribution < 1.29 is 19.5 Å². The van der Waals surface area contributed by atoms with Crippen molar-refractivity contribution in [3.8, 4) is 0 Å². The average molecular weight is 258 g/mol. The van der Waals surface area contributed by atoms with Gasteiger partial charge in [-0.3, -0.25) is 9.59 Å². The molecule has 0 saturated heterocycles. The number of Topliss-reactive ketones (excluding diaryl/α,β-unsaturated/α-hetero) is 1. The molecule has 6 nitrogen and oxygen atoms in total. The number of hydrogen-bond acceptors (Lipinski definition) is 3. The first-order valence-electron chi connectivity index (χ1n) is 6.12. The van der Waals surface area contributed by atoms with Crippen LogP contribution in [0.1, 0.15) is 40.0 Å². The molecule has 2 amide bonds. The Hall–Kier alpha value is -1.59. The molecule has 0 bridgehead atoms. The molecule has 6 heteroatoms. The van der Waals surface area contributed by atoms with Crippen LogP contribution in [0.2, 0.25) is 0 Å². The minimum Gasteiger partial charge on any atom is -0.465 e. The lowest BCUT2D eigenvalue weighted by Crippen LogP contribution is -2.41. The molecule has 0 aromatic carbocycles. The van der Waals surface area contributed by atoms with Crippen LogP contribution < -0.4 is 10.6 Å². The molecule has 0 fully saturated rings. The topological polar surface area (TPSA) is 95.5 Å². The molecule has 0 aliphatic rings. The highest BCUT2D eigenvalue weighted by atomic mass is 16.4. The molecule has 0 aliphatic heterocycles. The van der Waals surface area contributed by atoms with Crippen molar-refractivity contribution >= 4 is 17.8 Å². The van der Waals surface area contributed by atoms with Crippen LogP contribution in [0.5, 0.6) is 0 Å². The molecule has 0 spiro atoms. The third kappa shape index (κ3) is 7.65. The normalized spacial score (nSPS) is 12.0. The second-order valence-corrected chi connectivity index (χ2v) is 4.54. The van der Waals surface area contributed by atoms with Crippen LogP contribution in [0.4, 0.5) is 4.79 Å². The lowest BCUT2D eigenvalue weighted by molar-refractivity contribution is -0.128. The summed E-state index contributed by atoms with van der Waals surface area (Å²) >= 11 is 0. The van der Waals surface area contributed by atoms with E-state index in [0.29, 0.717) is 25.8 Å². The number of nitrogens with one attached hydrogen (secondary N) is 2. The van der Waals surface area contributed by atoms with E-state index in [0.717, 1.165) is 0 Å². The number of unbranched alkanes of at least 4 members (excludes halogenated alkanes) is 1. The minimum atomic E-state index is -1.05. The van der Waals surface area contributed by atoms with Crippen molar-refractivity contribution in [1.82, 2.24) is 10.6 Å². The lowest BCUT2D eigenvalue weighted by Gasteiger charge is -2.18. The Bertz CT molecular complexity index is 302. The summed E-state index contributed by atoms with van der Waals surface area (Å²) in [7, 11) is 0. The van der Waals surface area contributed by atoms with Gasteiger partial charge in [0.05, 0.1) is 6.04 Å². The van der Waals surface area contributed by atoms with Crippen LogP contribution in [-0.2, 0) is 9.59 Å². The van der Waals surface area contributed by atoms with Gasteiger partial charge in [-0.05, 0) is 19.3 Å². The fourth-order valence-corrected chi connectivity index (χ4v) is 1.60. The number of amides is 2. The molecule has 0 saturated carbocycles. The first-order valence-corrected chi connectivity index (χ1v) is 6.12. The largest absolute Gasteiger partial charge is 0.465 e. The third-order valence-corrected chi connectivity index (χ3v) is 2.49. The van der Waals surface area contributed by atoms with E-state index in [2.05, 4.69) is 10.6 Å².